The molecule has 31 heavy (non-hydrogen) atoms. The van der Waals surface area contributed by atoms with Crippen molar-refractivity contribution in [1.82, 2.24) is 0 Å². The zero-order valence-electron chi connectivity index (χ0n) is 19.5. The summed E-state index contributed by atoms with van der Waals surface area (Å²) in [6.45, 7) is -0.472. The van der Waals surface area contributed by atoms with Gasteiger partial charge in [-0.15, -0.1) is 0 Å². The quantitative estimate of drug-likeness (QED) is 0.299. The van der Waals surface area contributed by atoms with E-state index in [9.17, 15) is 8.78 Å². The Labute approximate surface area is 188 Å². The number of rotatable bonds is 12. The van der Waals surface area contributed by atoms with Crippen LogP contribution in [0.2, 0.25) is 0 Å². The first kappa shape index (κ1) is 24.3. The van der Waals surface area contributed by atoms with Crippen molar-refractivity contribution in [2.75, 3.05) is 0 Å². The molecule has 1 nitrogen and oxygen atoms in total. The molecule has 2 aliphatic carbocycles. The van der Waals surface area contributed by atoms with Crippen LogP contribution in [-0.4, -0.2) is 6.61 Å². The van der Waals surface area contributed by atoms with Crippen LogP contribution in [0.3, 0.4) is 0 Å². The Morgan fingerprint density at radius 3 is 2.13 bits per heavy atom. The molecule has 0 saturated heterocycles. The number of unbranched alkanes of at least 4 members (excludes halogenated alkanes) is 6. The van der Waals surface area contributed by atoms with Gasteiger partial charge in [0.05, 0.1) is 0 Å². The highest BCUT2D eigenvalue weighted by Gasteiger charge is 2.28. The van der Waals surface area contributed by atoms with Crippen LogP contribution in [-0.2, 0) is 0 Å². The zero-order valence-corrected chi connectivity index (χ0v) is 19.5. The van der Waals surface area contributed by atoms with E-state index in [4.69, 9.17) is 0 Å². The Morgan fingerprint density at radius 2 is 1.52 bits per heavy atom. The molecule has 0 bridgehead atoms. The summed E-state index contributed by atoms with van der Waals surface area (Å²) >= 11 is 0. The highest BCUT2D eigenvalue weighted by molar-refractivity contribution is 5.66. The number of hydrogen-bond donors (Lipinski definition) is 0. The molecule has 1 fully saturated rings. The summed E-state index contributed by atoms with van der Waals surface area (Å²) in [6.07, 6.45) is 23.1. The lowest BCUT2D eigenvalue weighted by Gasteiger charge is -2.35. The van der Waals surface area contributed by atoms with Gasteiger partial charge in [0.25, 0.3) is 0 Å². The number of allylic oxidation sites excluding steroid dienone is 2. The maximum absolute atomic E-state index is 12.3. The SMILES string of the molecule is CCCCCCCCC[C@H]1CC[C@H](C2CC=C(c3ccc(OC(F)F)cc3)CC2)CC1. The lowest BCUT2D eigenvalue weighted by atomic mass is 9.70. The fourth-order valence-electron chi connectivity index (χ4n) is 5.73. The Hall–Kier alpha value is -1.38. The number of benzene rings is 1. The summed E-state index contributed by atoms with van der Waals surface area (Å²) in [5.74, 6) is 2.96. The summed E-state index contributed by atoms with van der Waals surface area (Å²) in [5.41, 5.74) is 2.52. The lowest BCUT2D eigenvalue weighted by Crippen LogP contribution is -2.23. The fourth-order valence-corrected chi connectivity index (χ4v) is 5.73. The standard InChI is InChI=1S/C28H42F2O/c1-2-3-4-5-6-7-8-9-22-10-12-23(13-11-22)24-14-16-25(17-15-24)26-18-20-27(21-19-26)31-28(29)30/h16,18-24,28H,2-15,17H2,1H3/t22-,23-,24?. The normalized spacial score (nSPS) is 24.3. The molecule has 1 unspecified atom stereocenters. The molecule has 1 saturated carbocycles. The van der Waals surface area contributed by atoms with E-state index in [0.29, 0.717) is 0 Å². The Morgan fingerprint density at radius 1 is 0.839 bits per heavy atom. The van der Waals surface area contributed by atoms with Gasteiger partial charge >= 0.3 is 6.61 Å². The van der Waals surface area contributed by atoms with Crippen molar-refractivity contribution < 1.29 is 13.5 Å². The van der Waals surface area contributed by atoms with E-state index in [1.54, 1.807) is 12.1 Å². The number of alkyl halides is 2. The minimum atomic E-state index is -2.76. The van der Waals surface area contributed by atoms with Gasteiger partial charge < -0.3 is 4.74 Å². The van der Waals surface area contributed by atoms with Gasteiger partial charge in [0, 0.05) is 0 Å². The van der Waals surface area contributed by atoms with Crippen molar-refractivity contribution in [2.45, 2.75) is 110 Å². The minimum absolute atomic E-state index is 0.237. The van der Waals surface area contributed by atoms with E-state index in [0.717, 1.165) is 29.7 Å². The van der Waals surface area contributed by atoms with E-state index in [2.05, 4.69) is 17.7 Å². The van der Waals surface area contributed by atoms with Crippen LogP contribution < -0.4 is 4.74 Å². The molecule has 2 aliphatic rings. The van der Waals surface area contributed by atoms with Gasteiger partial charge in [-0.3, -0.25) is 0 Å². The van der Waals surface area contributed by atoms with Crippen molar-refractivity contribution in [3.8, 4) is 5.75 Å². The van der Waals surface area contributed by atoms with Crippen LogP contribution in [0.4, 0.5) is 8.78 Å². The molecule has 1 aromatic carbocycles. The Bertz CT molecular complexity index is 643. The second kappa shape index (κ2) is 13.2. The van der Waals surface area contributed by atoms with E-state index < -0.39 is 6.61 Å². The van der Waals surface area contributed by atoms with Crippen molar-refractivity contribution in [1.29, 1.82) is 0 Å². The number of ether oxygens (including phenoxy) is 1. The van der Waals surface area contributed by atoms with Crippen LogP contribution in [0.5, 0.6) is 5.75 Å². The molecule has 0 aliphatic heterocycles. The molecular weight excluding hydrogens is 390 g/mol. The summed E-state index contributed by atoms with van der Waals surface area (Å²) in [4.78, 5) is 0. The molecule has 0 aromatic heterocycles. The molecule has 1 atom stereocenters. The van der Waals surface area contributed by atoms with Gasteiger partial charge in [0.1, 0.15) is 5.75 Å². The average molecular weight is 433 g/mol. The monoisotopic (exact) mass is 432 g/mol. The van der Waals surface area contributed by atoms with E-state index in [-0.39, 0.29) is 5.75 Å². The maximum Gasteiger partial charge on any atom is 0.387 e. The molecule has 3 heteroatoms. The van der Waals surface area contributed by atoms with Crippen molar-refractivity contribution in [2.24, 2.45) is 17.8 Å². The smallest absolute Gasteiger partial charge is 0.387 e. The van der Waals surface area contributed by atoms with Crippen molar-refractivity contribution in [3.05, 3.63) is 35.9 Å². The Kier molecular flexibility index (Phi) is 10.4. The Balaban J connectivity index is 1.34. The van der Waals surface area contributed by atoms with Gasteiger partial charge in [-0.05, 0) is 73.1 Å². The fraction of sp³-hybridized carbons (Fsp3) is 0.714. The van der Waals surface area contributed by atoms with Gasteiger partial charge in [0.2, 0.25) is 0 Å². The summed E-state index contributed by atoms with van der Waals surface area (Å²) < 4.78 is 29.1. The number of halogens is 2. The topological polar surface area (TPSA) is 9.23 Å². The first-order valence-electron chi connectivity index (χ1n) is 12.9. The van der Waals surface area contributed by atoms with Gasteiger partial charge in [-0.2, -0.15) is 8.78 Å². The third kappa shape index (κ3) is 8.24. The summed E-state index contributed by atoms with van der Waals surface area (Å²) in [6, 6.07) is 7.14. The maximum atomic E-state index is 12.3. The van der Waals surface area contributed by atoms with Crippen LogP contribution >= 0.6 is 0 Å². The van der Waals surface area contributed by atoms with Crippen LogP contribution in [0.25, 0.3) is 5.57 Å². The summed E-state index contributed by atoms with van der Waals surface area (Å²) in [5, 5.41) is 0. The summed E-state index contributed by atoms with van der Waals surface area (Å²) in [7, 11) is 0. The molecule has 0 N–H and O–H groups in total. The molecule has 0 spiro atoms. The zero-order chi connectivity index (χ0) is 21.9. The third-order valence-electron chi connectivity index (χ3n) is 7.68. The first-order valence-corrected chi connectivity index (χ1v) is 12.9. The van der Waals surface area contributed by atoms with Crippen molar-refractivity contribution in [3.63, 3.8) is 0 Å². The highest BCUT2D eigenvalue weighted by Crippen LogP contribution is 2.42. The molecule has 174 valence electrons. The molecule has 3 rings (SSSR count). The van der Waals surface area contributed by atoms with E-state index in [1.807, 2.05) is 12.1 Å². The lowest BCUT2D eigenvalue weighted by molar-refractivity contribution is -0.0498. The molecule has 0 amide bonds. The van der Waals surface area contributed by atoms with E-state index in [1.165, 1.54) is 95.5 Å². The minimum Gasteiger partial charge on any atom is -0.435 e. The average Bonchev–Trinajstić information content (AvgIpc) is 2.79. The predicted octanol–water partition coefficient (Wildman–Crippen LogP) is 9.42. The molecule has 0 radical (unpaired) electrons. The second-order valence-electron chi connectivity index (χ2n) is 9.86. The molecule has 0 heterocycles. The predicted molar refractivity (Wildman–Crippen MR) is 126 cm³/mol. The van der Waals surface area contributed by atoms with Gasteiger partial charge in [-0.25, -0.2) is 0 Å². The number of hydrogen-bond acceptors (Lipinski definition) is 1. The molecule has 1 aromatic rings. The largest absolute Gasteiger partial charge is 0.435 e. The van der Waals surface area contributed by atoms with Crippen LogP contribution in [0, 0.1) is 17.8 Å². The molecular formula is C28H42F2O. The first-order chi connectivity index (χ1) is 15.2. The van der Waals surface area contributed by atoms with Crippen LogP contribution in [0.1, 0.15) is 109 Å². The second-order valence-corrected chi connectivity index (χ2v) is 9.86. The van der Waals surface area contributed by atoms with E-state index >= 15 is 0 Å². The van der Waals surface area contributed by atoms with Gasteiger partial charge in [0.15, 0.2) is 0 Å². The van der Waals surface area contributed by atoms with Gasteiger partial charge in [-0.1, -0.05) is 89.3 Å². The third-order valence-corrected chi connectivity index (χ3v) is 7.68. The van der Waals surface area contributed by atoms with Crippen LogP contribution in [0.15, 0.2) is 30.3 Å². The highest BCUT2D eigenvalue weighted by atomic mass is 19.3. The van der Waals surface area contributed by atoms with Crippen molar-refractivity contribution >= 4 is 5.57 Å².